The number of aromatic hydroxyl groups is 1. The molecule has 2 aromatic rings. The highest BCUT2D eigenvalue weighted by atomic mass is 19.4. The molecule has 0 saturated heterocycles. The lowest BCUT2D eigenvalue weighted by atomic mass is 10.0. The third kappa shape index (κ3) is 3.09. The second-order valence-electron chi connectivity index (χ2n) is 3.94. The van der Waals surface area contributed by atoms with E-state index in [0.29, 0.717) is 11.8 Å². The van der Waals surface area contributed by atoms with Crippen LogP contribution in [0.2, 0.25) is 0 Å². The van der Waals surface area contributed by atoms with Crippen LogP contribution in [0.4, 0.5) is 13.2 Å². The zero-order chi connectivity index (χ0) is 14.8. The van der Waals surface area contributed by atoms with E-state index in [0.717, 1.165) is 0 Å². The molecule has 0 heterocycles. The first-order valence-corrected chi connectivity index (χ1v) is 5.54. The molecular weight excluding hydrogens is 273 g/mol. The molecule has 0 aliphatic carbocycles. The van der Waals surface area contributed by atoms with Crippen molar-refractivity contribution in [2.24, 2.45) is 0 Å². The number of para-hydroxylation sites is 1. The molecular formula is C14H9F3O3. The predicted molar refractivity (Wildman–Crippen MR) is 65.6 cm³/mol. The van der Waals surface area contributed by atoms with Gasteiger partial charge in [0, 0.05) is 5.56 Å². The van der Waals surface area contributed by atoms with E-state index in [2.05, 4.69) is 4.74 Å². The van der Waals surface area contributed by atoms with Gasteiger partial charge in [0.1, 0.15) is 11.5 Å². The summed E-state index contributed by atoms with van der Waals surface area (Å²) in [5, 5.41) is 9.40. The molecule has 0 unspecified atom stereocenters. The van der Waals surface area contributed by atoms with Crippen LogP contribution in [-0.2, 0) is 0 Å². The Morgan fingerprint density at radius 1 is 1.10 bits per heavy atom. The number of carbonyl (C=O) groups is 1. The van der Waals surface area contributed by atoms with Crippen molar-refractivity contribution < 1.29 is 27.8 Å². The van der Waals surface area contributed by atoms with E-state index in [-0.39, 0.29) is 22.6 Å². The van der Waals surface area contributed by atoms with Crippen molar-refractivity contribution in [1.82, 2.24) is 0 Å². The van der Waals surface area contributed by atoms with Crippen molar-refractivity contribution in [2.45, 2.75) is 6.36 Å². The number of phenolic OH excluding ortho intramolecular Hbond substituents is 1. The van der Waals surface area contributed by atoms with Gasteiger partial charge in [0.2, 0.25) is 0 Å². The highest BCUT2D eigenvalue weighted by molar-refractivity contribution is 5.83. The number of hydrogen-bond donors (Lipinski definition) is 1. The molecule has 0 radical (unpaired) electrons. The normalized spacial score (nSPS) is 11.2. The summed E-state index contributed by atoms with van der Waals surface area (Å²) in [6, 6.07) is 9.50. The van der Waals surface area contributed by atoms with Crippen LogP contribution in [0.5, 0.6) is 11.5 Å². The minimum absolute atomic E-state index is 0.00990. The zero-order valence-corrected chi connectivity index (χ0v) is 10.0. The fourth-order valence-corrected chi connectivity index (χ4v) is 1.74. The largest absolute Gasteiger partial charge is 0.573 e. The molecule has 20 heavy (non-hydrogen) atoms. The molecule has 1 N–H and O–H groups in total. The topological polar surface area (TPSA) is 46.5 Å². The van der Waals surface area contributed by atoms with Crippen LogP contribution in [0.25, 0.3) is 11.1 Å². The minimum Gasteiger partial charge on any atom is -0.507 e. The van der Waals surface area contributed by atoms with E-state index >= 15 is 0 Å². The van der Waals surface area contributed by atoms with Gasteiger partial charge in [0.15, 0.2) is 6.29 Å². The Bertz CT molecular complexity index is 636. The van der Waals surface area contributed by atoms with Crippen LogP contribution < -0.4 is 4.74 Å². The smallest absolute Gasteiger partial charge is 0.507 e. The van der Waals surface area contributed by atoms with Crippen molar-refractivity contribution in [2.75, 3.05) is 0 Å². The summed E-state index contributed by atoms with van der Waals surface area (Å²) in [5.41, 5.74) is 0.502. The van der Waals surface area contributed by atoms with Gasteiger partial charge < -0.3 is 9.84 Å². The van der Waals surface area contributed by atoms with Gasteiger partial charge in [-0.1, -0.05) is 24.3 Å². The van der Waals surface area contributed by atoms with E-state index < -0.39 is 6.36 Å². The number of benzene rings is 2. The van der Waals surface area contributed by atoms with Crippen LogP contribution in [0, 0.1) is 0 Å². The van der Waals surface area contributed by atoms with Crippen LogP contribution >= 0.6 is 0 Å². The number of rotatable bonds is 3. The summed E-state index contributed by atoms with van der Waals surface area (Å²) in [5.74, 6) is -0.611. The number of hydrogen-bond acceptors (Lipinski definition) is 3. The van der Waals surface area contributed by atoms with Crippen molar-refractivity contribution >= 4 is 6.29 Å². The summed E-state index contributed by atoms with van der Waals surface area (Å²) < 4.78 is 40.9. The lowest BCUT2D eigenvalue weighted by Crippen LogP contribution is -2.17. The van der Waals surface area contributed by atoms with Gasteiger partial charge in [-0.2, -0.15) is 0 Å². The molecule has 0 aromatic heterocycles. The molecule has 0 amide bonds. The first kappa shape index (κ1) is 13.9. The maximum absolute atomic E-state index is 12.3. The van der Waals surface area contributed by atoms with E-state index in [1.54, 1.807) is 6.07 Å². The van der Waals surface area contributed by atoms with Gasteiger partial charge in [-0.3, -0.25) is 4.79 Å². The van der Waals surface area contributed by atoms with Crippen LogP contribution in [-0.4, -0.2) is 17.8 Å². The zero-order valence-electron chi connectivity index (χ0n) is 10.0. The Kier molecular flexibility index (Phi) is 3.65. The number of aldehydes is 1. The second-order valence-corrected chi connectivity index (χ2v) is 3.94. The molecule has 0 atom stereocenters. The molecule has 0 fully saturated rings. The molecule has 2 rings (SSSR count). The molecule has 6 heteroatoms. The summed E-state index contributed by atoms with van der Waals surface area (Å²) in [7, 11) is 0. The van der Waals surface area contributed by atoms with Crippen molar-refractivity contribution in [1.29, 1.82) is 0 Å². The highest BCUT2D eigenvalue weighted by Crippen LogP contribution is 2.35. The Hall–Kier alpha value is -2.50. The first-order chi connectivity index (χ1) is 9.40. The Morgan fingerprint density at radius 3 is 2.45 bits per heavy atom. The number of phenols is 1. The molecule has 0 aliphatic rings. The average molecular weight is 282 g/mol. The Morgan fingerprint density at radius 2 is 1.80 bits per heavy atom. The van der Waals surface area contributed by atoms with E-state index in [9.17, 15) is 23.1 Å². The van der Waals surface area contributed by atoms with Gasteiger partial charge in [0.25, 0.3) is 0 Å². The molecule has 0 aliphatic heterocycles. The maximum atomic E-state index is 12.3. The molecule has 0 saturated carbocycles. The van der Waals surface area contributed by atoms with Gasteiger partial charge in [-0.25, -0.2) is 0 Å². The fraction of sp³-hybridized carbons (Fsp3) is 0.0714. The van der Waals surface area contributed by atoms with Crippen LogP contribution in [0.1, 0.15) is 10.4 Å². The molecule has 104 valence electrons. The summed E-state index contributed by atoms with van der Waals surface area (Å²) in [6.07, 6.45) is -4.38. The minimum atomic E-state index is -4.81. The predicted octanol–water partition coefficient (Wildman–Crippen LogP) is 3.77. The van der Waals surface area contributed by atoms with Crippen molar-refractivity contribution in [3.8, 4) is 22.6 Å². The number of ether oxygens (including phenoxy) is 1. The molecule has 3 nitrogen and oxygen atoms in total. The van der Waals surface area contributed by atoms with Gasteiger partial charge >= 0.3 is 6.36 Å². The summed E-state index contributed by atoms with van der Waals surface area (Å²) >= 11 is 0. The van der Waals surface area contributed by atoms with Crippen molar-refractivity contribution in [3.63, 3.8) is 0 Å². The lowest BCUT2D eigenvalue weighted by Gasteiger charge is -2.13. The standard InChI is InChI=1S/C14H9F3O3/c15-14(16,17)20-13-4-2-1-3-11(13)9-5-6-12(19)10(7-9)8-18/h1-8,19H. The number of alkyl halides is 3. The van der Waals surface area contributed by atoms with Crippen LogP contribution in [0.15, 0.2) is 42.5 Å². The first-order valence-electron chi connectivity index (χ1n) is 5.54. The van der Waals surface area contributed by atoms with Crippen molar-refractivity contribution in [3.05, 3.63) is 48.0 Å². The third-order valence-corrected chi connectivity index (χ3v) is 2.58. The summed E-state index contributed by atoms with van der Waals surface area (Å²) in [4.78, 5) is 10.8. The van der Waals surface area contributed by atoms with E-state index in [1.165, 1.54) is 36.4 Å². The Balaban J connectivity index is 2.50. The molecule has 0 spiro atoms. The van der Waals surface area contributed by atoms with Gasteiger partial charge in [-0.15, -0.1) is 13.2 Å². The number of halogens is 3. The molecule has 0 bridgehead atoms. The SMILES string of the molecule is O=Cc1cc(-c2ccccc2OC(F)(F)F)ccc1O. The van der Waals surface area contributed by atoms with E-state index in [1.807, 2.05) is 0 Å². The van der Waals surface area contributed by atoms with Crippen LogP contribution in [0.3, 0.4) is 0 Å². The summed E-state index contributed by atoms with van der Waals surface area (Å²) in [6.45, 7) is 0. The Labute approximate surface area is 112 Å². The average Bonchev–Trinajstić information content (AvgIpc) is 2.38. The second kappa shape index (κ2) is 5.24. The molecule has 2 aromatic carbocycles. The fourth-order valence-electron chi connectivity index (χ4n) is 1.74. The lowest BCUT2D eigenvalue weighted by molar-refractivity contribution is -0.274. The monoisotopic (exact) mass is 282 g/mol. The highest BCUT2D eigenvalue weighted by Gasteiger charge is 2.32. The maximum Gasteiger partial charge on any atom is 0.573 e. The van der Waals surface area contributed by atoms with E-state index in [4.69, 9.17) is 0 Å². The number of carbonyl (C=O) groups excluding carboxylic acids is 1. The van der Waals surface area contributed by atoms with Gasteiger partial charge in [-0.05, 0) is 23.8 Å². The van der Waals surface area contributed by atoms with Gasteiger partial charge in [0.05, 0.1) is 5.56 Å². The quantitative estimate of drug-likeness (QED) is 0.872. The third-order valence-electron chi connectivity index (χ3n) is 2.58.